The third-order valence-electron chi connectivity index (χ3n) is 8.74. The van der Waals surface area contributed by atoms with Crippen LogP contribution in [0.3, 0.4) is 0 Å². The van der Waals surface area contributed by atoms with E-state index in [1.165, 1.54) is 41.6 Å². The third-order valence-corrected chi connectivity index (χ3v) is 8.74. The van der Waals surface area contributed by atoms with Crippen molar-refractivity contribution in [1.29, 1.82) is 0 Å². The number of ketones is 3. The van der Waals surface area contributed by atoms with Gasteiger partial charge in [-0.1, -0.05) is 0 Å². The molecule has 0 amide bonds. The van der Waals surface area contributed by atoms with E-state index >= 15 is 0 Å². The molecule has 4 heterocycles. The molecule has 300 valence electrons. The first-order valence-corrected chi connectivity index (χ1v) is 17.6. The van der Waals surface area contributed by atoms with Gasteiger partial charge in [0.15, 0.2) is 40.1 Å². The van der Waals surface area contributed by atoms with Crippen molar-refractivity contribution >= 4 is 39.7 Å². The third kappa shape index (κ3) is 8.34. The number of carbonyl (C=O) groups is 3. The van der Waals surface area contributed by atoms with E-state index in [0.717, 1.165) is 0 Å². The van der Waals surface area contributed by atoms with E-state index in [-0.39, 0.29) is 11.3 Å². The highest BCUT2D eigenvalue weighted by molar-refractivity contribution is 6.44. The number of H-pyrrole nitrogens is 2. The highest BCUT2D eigenvalue weighted by Crippen LogP contribution is 2.42. The van der Waals surface area contributed by atoms with Gasteiger partial charge in [0.05, 0.1) is 77.6 Å². The van der Waals surface area contributed by atoms with Crippen LogP contribution in [0, 0.1) is 0 Å². The number of nitrogens with zero attached hydrogens (tertiary/aromatic N) is 4. The summed E-state index contributed by atoms with van der Waals surface area (Å²) >= 11 is 0. The minimum atomic E-state index is -1.41. The summed E-state index contributed by atoms with van der Waals surface area (Å²) in [4.78, 5) is 60.5. The number of rotatable bonds is 16. The van der Waals surface area contributed by atoms with Crippen molar-refractivity contribution in [3.8, 4) is 57.0 Å². The summed E-state index contributed by atoms with van der Waals surface area (Å²) < 4.78 is 43.5. The van der Waals surface area contributed by atoms with Gasteiger partial charge in [0.1, 0.15) is 11.0 Å². The molecule has 17 heteroatoms. The Kier molecular flexibility index (Phi) is 13.1. The molecule has 0 saturated carbocycles. The number of fused-ring (bicyclic) bond motifs is 2. The van der Waals surface area contributed by atoms with E-state index in [1.807, 2.05) is 13.8 Å². The Balaban J connectivity index is 0.000000221. The van der Waals surface area contributed by atoms with Crippen molar-refractivity contribution in [1.82, 2.24) is 29.9 Å². The zero-order chi connectivity index (χ0) is 41.4. The fourth-order valence-corrected chi connectivity index (χ4v) is 6.02. The number of nitrogens with one attached hydrogen (secondary N) is 2. The summed E-state index contributed by atoms with van der Waals surface area (Å²) in [6, 6.07) is 7.01. The van der Waals surface area contributed by atoms with Crippen LogP contribution < -0.4 is 28.4 Å². The van der Waals surface area contributed by atoms with Crippen molar-refractivity contribution in [2.45, 2.75) is 33.5 Å². The first-order valence-electron chi connectivity index (χ1n) is 17.6. The predicted octanol–water partition coefficient (Wildman–Crippen LogP) is 6.05. The van der Waals surface area contributed by atoms with Gasteiger partial charge in [-0.3, -0.25) is 14.4 Å². The largest absolute Gasteiger partial charge is 0.493 e. The molecule has 0 aliphatic heterocycles. The number of hydrogen-bond acceptors (Lipinski definition) is 15. The SMILES string of the molecule is CCOC(C)(OCC)C(=O)c1c[nH]c2ncc(-c3cc(OC)c(OC)c(OC)c3)nc12.COc1cc(-c2cnc3[nH]cc(C(=O)C(C)=O)c3n2)cc(OC)c1OC. The normalized spacial score (nSPS) is 11.1. The minimum absolute atomic E-state index is 0.189. The molecular weight excluding hydrogens is 740 g/mol. The lowest BCUT2D eigenvalue weighted by molar-refractivity contribution is -0.184. The molecule has 0 spiro atoms. The molecular formula is C40H44N6O11. The van der Waals surface area contributed by atoms with E-state index in [2.05, 4.69) is 29.9 Å². The zero-order valence-electron chi connectivity index (χ0n) is 33.3. The molecule has 0 radical (unpaired) electrons. The standard InChI is InChI=1S/C22H27N3O6.C18H17N3O5/c1-7-30-22(3,31-8-2)20(26)14-11-23-21-18(14)25-15(12-24-21)13-9-16(27-4)19(29-6)17(10-13)28-5;1-9(22)16(23)11-7-19-18-15(11)21-12(8-20-18)10-5-13(24-2)17(26-4)14(6-10)25-3/h9-12H,7-8H2,1-6H3,(H,23,24);5-8H,1-4H3,(H,19,20). The Labute approximate surface area is 328 Å². The van der Waals surface area contributed by atoms with E-state index in [4.69, 9.17) is 37.9 Å². The molecule has 0 saturated heterocycles. The smallest absolute Gasteiger partial charge is 0.232 e. The van der Waals surface area contributed by atoms with Crippen molar-refractivity contribution in [3.63, 3.8) is 0 Å². The molecule has 17 nitrogen and oxygen atoms in total. The van der Waals surface area contributed by atoms with Crippen molar-refractivity contribution in [2.24, 2.45) is 0 Å². The van der Waals surface area contributed by atoms with Crippen LogP contribution in [-0.2, 0) is 14.3 Å². The maximum absolute atomic E-state index is 13.3. The van der Waals surface area contributed by atoms with Crippen molar-refractivity contribution < 1.29 is 52.3 Å². The number of hydrogen-bond donors (Lipinski definition) is 2. The summed E-state index contributed by atoms with van der Waals surface area (Å²) in [6.45, 7) is 7.10. The Hall–Kier alpha value is -6.59. The summed E-state index contributed by atoms with van der Waals surface area (Å²) in [5, 5.41) is 0. The van der Waals surface area contributed by atoms with Gasteiger partial charge in [0.25, 0.3) is 0 Å². The number of ether oxygens (including phenoxy) is 8. The molecule has 6 aromatic rings. The number of carbonyl (C=O) groups excluding carboxylic acids is 3. The Morgan fingerprint density at radius 2 is 1.00 bits per heavy atom. The van der Waals surface area contributed by atoms with Crippen LogP contribution in [0.5, 0.6) is 34.5 Å². The van der Waals surface area contributed by atoms with E-state index in [9.17, 15) is 14.4 Å². The first kappa shape index (κ1) is 41.6. The maximum atomic E-state index is 13.3. The van der Waals surface area contributed by atoms with Crippen LogP contribution in [0.1, 0.15) is 48.4 Å². The van der Waals surface area contributed by atoms with Gasteiger partial charge in [-0.25, -0.2) is 19.9 Å². The molecule has 2 N–H and O–H groups in total. The van der Waals surface area contributed by atoms with Gasteiger partial charge in [0, 0.05) is 43.7 Å². The quantitative estimate of drug-likeness (QED) is 0.0651. The average molecular weight is 785 g/mol. The predicted molar refractivity (Wildman–Crippen MR) is 209 cm³/mol. The summed E-state index contributed by atoms with van der Waals surface area (Å²) in [5.74, 6) is -0.0730. The van der Waals surface area contributed by atoms with Crippen LogP contribution >= 0.6 is 0 Å². The van der Waals surface area contributed by atoms with Crippen LogP contribution in [0.4, 0.5) is 0 Å². The zero-order valence-corrected chi connectivity index (χ0v) is 33.3. The molecule has 57 heavy (non-hydrogen) atoms. The van der Waals surface area contributed by atoms with Crippen LogP contribution in [0.2, 0.25) is 0 Å². The fraction of sp³-hybridized carbons (Fsp3) is 0.325. The second kappa shape index (κ2) is 17.9. The van der Waals surface area contributed by atoms with E-state index < -0.39 is 17.4 Å². The van der Waals surface area contributed by atoms with Crippen LogP contribution in [-0.4, -0.2) is 109 Å². The van der Waals surface area contributed by atoms with Gasteiger partial charge >= 0.3 is 0 Å². The molecule has 0 unspecified atom stereocenters. The second-order valence-corrected chi connectivity index (χ2v) is 12.2. The summed E-state index contributed by atoms with van der Waals surface area (Å²) in [5.41, 5.74) is 4.57. The molecule has 0 aliphatic rings. The highest BCUT2D eigenvalue weighted by Gasteiger charge is 2.37. The van der Waals surface area contributed by atoms with Gasteiger partial charge in [-0.2, -0.15) is 0 Å². The number of Topliss-reactive ketones (excluding diaryl/α,β-unsaturated/α-hetero) is 3. The van der Waals surface area contributed by atoms with Gasteiger partial charge < -0.3 is 47.9 Å². The topological polar surface area (TPSA) is 208 Å². The molecule has 0 atom stereocenters. The minimum Gasteiger partial charge on any atom is -0.493 e. The Bertz CT molecular complexity index is 2370. The number of methoxy groups -OCH3 is 6. The van der Waals surface area contributed by atoms with Crippen molar-refractivity contribution in [3.05, 3.63) is 60.2 Å². The number of aromatic amines is 2. The fourth-order valence-electron chi connectivity index (χ4n) is 6.02. The molecule has 0 bridgehead atoms. The van der Waals surface area contributed by atoms with E-state index in [1.54, 1.807) is 64.0 Å². The lowest BCUT2D eigenvalue weighted by Gasteiger charge is -2.27. The van der Waals surface area contributed by atoms with Gasteiger partial charge in [-0.15, -0.1) is 0 Å². The average Bonchev–Trinajstić information content (AvgIpc) is 3.86. The summed E-state index contributed by atoms with van der Waals surface area (Å²) in [7, 11) is 9.18. The molecule has 0 fully saturated rings. The van der Waals surface area contributed by atoms with Gasteiger partial charge in [-0.05, 0) is 45.0 Å². The molecule has 0 aliphatic carbocycles. The second-order valence-electron chi connectivity index (χ2n) is 12.2. The maximum Gasteiger partial charge on any atom is 0.232 e. The molecule has 6 rings (SSSR count). The van der Waals surface area contributed by atoms with E-state index in [0.29, 0.717) is 98.1 Å². The Morgan fingerprint density at radius 1 is 0.614 bits per heavy atom. The van der Waals surface area contributed by atoms with Crippen LogP contribution in [0.25, 0.3) is 44.8 Å². The monoisotopic (exact) mass is 784 g/mol. The number of benzene rings is 2. The molecule has 4 aromatic heterocycles. The van der Waals surface area contributed by atoms with Crippen molar-refractivity contribution in [2.75, 3.05) is 55.9 Å². The summed E-state index contributed by atoms with van der Waals surface area (Å²) in [6.07, 6.45) is 6.18. The Morgan fingerprint density at radius 3 is 1.35 bits per heavy atom. The first-order chi connectivity index (χ1) is 27.4. The lowest BCUT2D eigenvalue weighted by atomic mass is 10.1. The highest BCUT2D eigenvalue weighted by atomic mass is 16.7. The number of aromatic nitrogens is 6. The van der Waals surface area contributed by atoms with Gasteiger partial charge in [0.2, 0.25) is 28.9 Å². The molecule has 2 aromatic carbocycles. The van der Waals surface area contributed by atoms with Crippen LogP contribution in [0.15, 0.2) is 49.1 Å². The lowest BCUT2D eigenvalue weighted by Crippen LogP contribution is -2.41.